The van der Waals surface area contributed by atoms with Crippen molar-refractivity contribution < 1.29 is 9.26 Å². The molecule has 2 aromatic rings. The average molecular weight is 279 g/mol. The molecule has 0 amide bonds. The second-order valence-electron chi connectivity index (χ2n) is 4.02. The fourth-order valence-corrected chi connectivity index (χ4v) is 2.32. The lowest BCUT2D eigenvalue weighted by molar-refractivity contribution is 0.240. The maximum atomic E-state index is 5.61. The molecular weight excluding hydrogens is 262 g/mol. The standard InChI is InChI=1S/C13H17N3O2S/c1-4-19-10(3)13-15-12(18-16-13)8-17-11-6-5-7-14-9(11)2/h5-7,10H,4,8H2,1-3H3/t10-/m1/s1. The summed E-state index contributed by atoms with van der Waals surface area (Å²) in [5.74, 6) is 2.96. The molecule has 0 aliphatic heterocycles. The van der Waals surface area contributed by atoms with Gasteiger partial charge in [0.1, 0.15) is 5.75 Å². The van der Waals surface area contributed by atoms with Crippen molar-refractivity contribution in [1.29, 1.82) is 0 Å². The van der Waals surface area contributed by atoms with Crippen LogP contribution in [0.2, 0.25) is 0 Å². The number of hydrogen-bond donors (Lipinski definition) is 0. The van der Waals surface area contributed by atoms with Crippen LogP contribution in [0.25, 0.3) is 0 Å². The van der Waals surface area contributed by atoms with Crippen molar-refractivity contribution in [1.82, 2.24) is 15.1 Å². The number of thioether (sulfide) groups is 1. The molecule has 0 aliphatic carbocycles. The van der Waals surface area contributed by atoms with Crippen LogP contribution in [0.4, 0.5) is 0 Å². The molecule has 2 aromatic heterocycles. The molecule has 1 atom stereocenters. The molecule has 0 aromatic carbocycles. The summed E-state index contributed by atoms with van der Waals surface area (Å²) in [4.78, 5) is 8.48. The van der Waals surface area contributed by atoms with Gasteiger partial charge in [-0.25, -0.2) is 0 Å². The molecule has 2 rings (SSSR count). The van der Waals surface area contributed by atoms with Gasteiger partial charge in [-0.1, -0.05) is 12.1 Å². The molecule has 0 spiro atoms. The summed E-state index contributed by atoms with van der Waals surface area (Å²) in [6.45, 7) is 6.34. The van der Waals surface area contributed by atoms with Crippen molar-refractivity contribution >= 4 is 11.8 Å². The Kier molecular flexibility index (Phi) is 4.79. The molecule has 6 heteroatoms. The van der Waals surface area contributed by atoms with Crippen LogP contribution in [0.3, 0.4) is 0 Å². The molecule has 5 nitrogen and oxygen atoms in total. The van der Waals surface area contributed by atoms with Gasteiger partial charge in [-0.15, -0.1) is 0 Å². The van der Waals surface area contributed by atoms with Gasteiger partial charge in [-0.2, -0.15) is 16.7 Å². The second kappa shape index (κ2) is 6.56. The zero-order chi connectivity index (χ0) is 13.7. The van der Waals surface area contributed by atoms with Crippen molar-refractivity contribution in [3.05, 3.63) is 35.7 Å². The van der Waals surface area contributed by atoms with Crippen LogP contribution >= 0.6 is 11.8 Å². The first-order chi connectivity index (χ1) is 9.20. The first-order valence-corrected chi connectivity index (χ1v) is 7.24. The maximum Gasteiger partial charge on any atom is 0.264 e. The predicted molar refractivity (Wildman–Crippen MR) is 74.2 cm³/mol. The quantitative estimate of drug-likeness (QED) is 0.809. The Morgan fingerprint density at radius 2 is 2.32 bits per heavy atom. The fourth-order valence-electron chi connectivity index (χ4n) is 1.58. The van der Waals surface area contributed by atoms with Crippen LogP contribution in [0, 0.1) is 6.92 Å². The Bertz CT molecular complexity index is 530. The van der Waals surface area contributed by atoms with E-state index >= 15 is 0 Å². The second-order valence-corrected chi connectivity index (χ2v) is 5.64. The first-order valence-electron chi connectivity index (χ1n) is 6.19. The van der Waals surface area contributed by atoms with Crippen molar-refractivity contribution in [2.45, 2.75) is 32.6 Å². The van der Waals surface area contributed by atoms with Gasteiger partial charge in [0.2, 0.25) is 0 Å². The van der Waals surface area contributed by atoms with Crippen molar-refractivity contribution in [3.63, 3.8) is 0 Å². The SMILES string of the molecule is CCS[C@H](C)c1noc(COc2cccnc2C)n1. The van der Waals surface area contributed by atoms with Gasteiger partial charge in [-0.3, -0.25) is 4.98 Å². The monoisotopic (exact) mass is 279 g/mol. The number of rotatable bonds is 6. The molecular formula is C13H17N3O2S. The molecule has 0 saturated heterocycles. The van der Waals surface area contributed by atoms with Gasteiger partial charge in [-0.05, 0) is 31.7 Å². The Morgan fingerprint density at radius 3 is 3.05 bits per heavy atom. The predicted octanol–water partition coefficient (Wildman–Crippen LogP) is 3.17. The number of aromatic nitrogens is 3. The van der Waals surface area contributed by atoms with E-state index in [4.69, 9.17) is 9.26 Å². The molecule has 0 bridgehead atoms. The van der Waals surface area contributed by atoms with Crippen LogP contribution in [-0.4, -0.2) is 20.9 Å². The molecule has 0 saturated carbocycles. The summed E-state index contributed by atoms with van der Waals surface area (Å²) >= 11 is 1.78. The normalized spacial score (nSPS) is 12.4. The summed E-state index contributed by atoms with van der Waals surface area (Å²) in [5.41, 5.74) is 0.845. The van der Waals surface area contributed by atoms with E-state index in [0.29, 0.717) is 11.7 Å². The Balaban J connectivity index is 1.95. The summed E-state index contributed by atoms with van der Waals surface area (Å²) < 4.78 is 10.8. The van der Waals surface area contributed by atoms with Crippen molar-refractivity contribution in [3.8, 4) is 5.75 Å². The molecule has 0 aliphatic rings. The number of aryl methyl sites for hydroxylation is 1. The highest BCUT2D eigenvalue weighted by molar-refractivity contribution is 7.99. The van der Waals surface area contributed by atoms with Gasteiger partial charge in [0.25, 0.3) is 5.89 Å². The number of nitrogens with zero attached hydrogens (tertiary/aromatic N) is 3. The van der Waals surface area contributed by atoms with Crippen LogP contribution in [-0.2, 0) is 6.61 Å². The minimum atomic E-state index is 0.239. The summed E-state index contributed by atoms with van der Waals surface area (Å²) in [6, 6.07) is 3.71. The minimum absolute atomic E-state index is 0.239. The first kappa shape index (κ1) is 13.9. The number of hydrogen-bond acceptors (Lipinski definition) is 6. The molecule has 0 radical (unpaired) electrons. The van der Waals surface area contributed by atoms with Crippen LogP contribution < -0.4 is 4.74 Å². The third-order valence-corrected chi connectivity index (χ3v) is 3.62. The number of pyridine rings is 1. The fraction of sp³-hybridized carbons (Fsp3) is 0.462. The van der Waals surface area contributed by atoms with Crippen LogP contribution in [0.15, 0.2) is 22.9 Å². The van der Waals surface area contributed by atoms with E-state index in [-0.39, 0.29) is 11.9 Å². The van der Waals surface area contributed by atoms with E-state index in [0.717, 1.165) is 17.2 Å². The Morgan fingerprint density at radius 1 is 1.47 bits per heavy atom. The molecule has 102 valence electrons. The molecule has 0 N–H and O–H groups in total. The Labute approximate surface area is 116 Å². The van der Waals surface area contributed by atoms with Gasteiger partial charge in [0.05, 0.1) is 10.9 Å². The average Bonchev–Trinajstić information content (AvgIpc) is 2.87. The third kappa shape index (κ3) is 3.70. The lowest BCUT2D eigenvalue weighted by atomic mass is 10.3. The van der Waals surface area contributed by atoms with Gasteiger partial charge >= 0.3 is 0 Å². The van der Waals surface area contributed by atoms with E-state index in [1.807, 2.05) is 19.1 Å². The molecule has 19 heavy (non-hydrogen) atoms. The molecule has 0 fully saturated rings. The summed E-state index contributed by atoms with van der Waals surface area (Å²) in [6.07, 6.45) is 1.73. The topological polar surface area (TPSA) is 61.0 Å². The highest BCUT2D eigenvalue weighted by Crippen LogP contribution is 2.25. The van der Waals surface area contributed by atoms with E-state index < -0.39 is 0 Å². The zero-order valence-corrected chi connectivity index (χ0v) is 12.1. The maximum absolute atomic E-state index is 5.61. The van der Waals surface area contributed by atoms with Gasteiger partial charge < -0.3 is 9.26 Å². The van der Waals surface area contributed by atoms with Crippen molar-refractivity contribution in [2.75, 3.05) is 5.75 Å². The highest BCUT2D eigenvalue weighted by Gasteiger charge is 2.14. The molecule has 0 unspecified atom stereocenters. The van der Waals surface area contributed by atoms with E-state index in [2.05, 4.69) is 29.0 Å². The van der Waals surface area contributed by atoms with E-state index in [1.165, 1.54) is 0 Å². The largest absolute Gasteiger partial charge is 0.482 e. The highest BCUT2D eigenvalue weighted by atomic mass is 32.2. The van der Waals surface area contributed by atoms with Gasteiger partial charge in [0.15, 0.2) is 12.4 Å². The van der Waals surface area contributed by atoms with E-state index in [1.54, 1.807) is 18.0 Å². The summed E-state index contributed by atoms with van der Waals surface area (Å²) in [5, 5.41) is 4.21. The minimum Gasteiger partial charge on any atom is -0.482 e. The lowest BCUT2D eigenvalue weighted by Gasteiger charge is -2.05. The smallest absolute Gasteiger partial charge is 0.264 e. The summed E-state index contributed by atoms with van der Waals surface area (Å²) in [7, 11) is 0. The number of ether oxygens (including phenoxy) is 1. The van der Waals surface area contributed by atoms with Crippen LogP contribution in [0.5, 0.6) is 5.75 Å². The van der Waals surface area contributed by atoms with E-state index in [9.17, 15) is 0 Å². The van der Waals surface area contributed by atoms with Gasteiger partial charge in [0, 0.05) is 6.20 Å². The molecule has 2 heterocycles. The third-order valence-electron chi connectivity index (χ3n) is 2.57. The van der Waals surface area contributed by atoms with Crippen LogP contribution in [0.1, 0.15) is 36.5 Å². The lowest BCUT2D eigenvalue weighted by Crippen LogP contribution is -1.99. The Hall–Kier alpha value is -1.56. The van der Waals surface area contributed by atoms with Crippen molar-refractivity contribution in [2.24, 2.45) is 0 Å². The zero-order valence-electron chi connectivity index (χ0n) is 11.3.